The molecule has 0 saturated carbocycles. The highest BCUT2D eigenvalue weighted by molar-refractivity contribution is 6.12. The van der Waals surface area contributed by atoms with Crippen molar-refractivity contribution in [2.75, 3.05) is 0 Å². The van der Waals surface area contributed by atoms with Crippen molar-refractivity contribution in [3.63, 3.8) is 0 Å². The van der Waals surface area contributed by atoms with E-state index < -0.39 is 35.1 Å². The van der Waals surface area contributed by atoms with Gasteiger partial charge in [-0.2, -0.15) is 0 Å². The number of carbonyl (C=O) groups excluding carboxylic acids is 2. The number of Topliss-reactive ketones (excluding diaryl/α,β-unsaturated/α-hetero) is 2. The van der Waals surface area contributed by atoms with Gasteiger partial charge in [0.15, 0.2) is 11.6 Å². The van der Waals surface area contributed by atoms with Crippen LogP contribution in [0.5, 0.6) is 0 Å². The summed E-state index contributed by atoms with van der Waals surface area (Å²) in [5.74, 6) is -3.17. The predicted octanol–water partition coefficient (Wildman–Crippen LogP) is 7.43. The molecule has 2 aliphatic rings. The summed E-state index contributed by atoms with van der Waals surface area (Å²) in [6, 6.07) is 0. The Morgan fingerprint density at radius 3 is 2.26 bits per heavy atom. The molecule has 0 bridgehead atoms. The van der Waals surface area contributed by atoms with Crippen molar-refractivity contribution in [3.8, 4) is 0 Å². The minimum absolute atomic E-state index is 0.0409. The molecule has 1 aliphatic heterocycles. The van der Waals surface area contributed by atoms with E-state index in [-0.39, 0.29) is 47.2 Å². The zero-order chi connectivity index (χ0) is 28.9. The Balaban J connectivity index is 2.92. The van der Waals surface area contributed by atoms with Gasteiger partial charge in [-0.1, -0.05) is 49.6 Å². The summed E-state index contributed by atoms with van der Waals surface area (Å²) in [7, 11) is 0. The number of allylic oxidation sites excluding steroid dienone is 7. The van der Waals surface area contributed by atoms with Crippen LogP contribution in [0.3, 0.4) is 0 Å². The van der Waals surface area contributed by atoms with Gasteiger partial charge in [-0.25, -0.2) is 0 Å². The fourth-order valence-electron chi connectivity index (χ4n) is 5.56. The van der Waals surface area contributed by atoms with Crippen molar-refractivity contribution in [2.45, 2.75) is 99.5 Å². The Hall–Kier alpha value is -2.89. The first-order valence-electron chi connectivity index (χ1n) is 13.8. The van der Waals surface area contributed by atoms with Crippen LogP contribution in [0.25, 0.3) is 0 Å². The van der Waals surface area contributed by atoms with Crippen molar-refractivity contribution in [1.82, 2.24) is 0 Å². The summed E-state index contributed by atoms with van der Waals surface area (Å²) in [4.78, 5) is 40.2. The maximum atomic E-state index is 14.7. The second-order valence-corrected chi connectivity index (χ2v) is 11.7. The molecule has 1 aliphatic carbocycles. The monoisotopic (exact) mass is 526 g/mol. The molecule has 210 valence electrons. The number of hydrogen-bond acceptors (Lipinski definition) is 5. The number of aliphatic carboxylic acids is 1. The number of carboxylic acid groups (broad SMARTS) is 1. The molecule has 6 nitrogen and oxygen atoms in total. The maximum Gasteiger partial charge on any atom is 0.303 e. The van der Waals surface area contributed by atoms with Crippen LogP contribution in [0.4, 0.5) is 0 Å². The predicted molar refractivity (Wildman–Crippen MR) is 151 cm³/mol. The Labute approximate surface area is 228 Å². The molecular formula is C32H46O6. The van der Waals surface area contributed by atoms with Crippen molar-refractivity contribution in [2.24, 2.45) is 23.2 Å². The lowest BCUT2D eigenvalue weighted by Gasteiger charge is -2.45. The maximum absolute atomic E-state index is 14.7. The molecule has 0 radical (unpaired) electrons. The van der Waals surface area contributed by atoms with Gasteiger partial charge in [0.2, 0.25) is 0 Å². The van der Waals surface area contributed by atoms with Crippen LogP contribution in [0.1, 0.15) is 93.4 Å². The Kier molecular flexibility index (Phi) is 10.5. The normalized spacial score (nSPS) is 24.9. The summed E-state index contributed by atoms with van der Waals surface area (Å²) in [6.07, 6.45) is 4.33. The van der Waals surface area contributed by atoms with Crippen LogP contribution < -0.4 is 0 Å². The van der Waals surface area contributed by atoms with Crippen molar-refractivity contribution in [1.29, 1.82) is 0 Å². The zero-order valence-corrected chi connectivity index (χ0v) is 24.3. The molecule has 6 heteroatoms. The lowest BCUT2D eigenvalue weighted by atomic mass is 9.61. The first-order chi connectivity index (χ1) is 17.7. The number of aliphatic hydroxyl groups excluding tert-OH is 1. The average Bonchev–Trinajstić information content (AvgIpc) is 2.80. The van der Waals surface area contributed by atoms with E-state index in [1.165, 1.54) is 0 Å². The first-order valence-corrected chi connectivity index (χ1v) is 13.8. The minimum atomic E-state index is -1.26. The van der Waals surface area contributed by atoms with Crippen LogP contribution in [-0.4, -0.2) is 33.9 Å². The van der Waals surface area contributed by atoms with Gasteiger partial charge >= 0.3 is 5.97 Å². The number of ketones is 2. The minimum Gasteiger partial charge on any atom is -0.507 e. The molecule has 1 heterocycles. The van der Waals surface area contributed by atoms with E-state index in [4.69, 9.17) is 4.74 Å². The second kappa shape index (κ2) is 12.8. The third-order valence-corrected chi connectivity index (χ3v) is 8.04. The zero-order valence-electron chi connectivity index (χ0n) is 24.3. The van der Waals surface area contributed by atoms with E-state index in [1.54, 1.807) is 13.8 Å². The summed E-state index contributed by atoms with van der Waals surface area (Å²) in [5.41, 5.74) is 1.78. The molecule has 0 amide bonds. The number of carboxylic acids is 1. The lowest BCUT2D eigenvalue weighted by Crippen LogP contribution is -2.48. The summed E-state index contributed by atoms with van der Waals surface area (Å²) >= 11 is 0. The van der Waals surface area contributed by atoms with Crippen LogP contribution in [0.15, 0.2) is 58.6 Å². The van der Waals surface area contributed by atoms with E-state index in [1.807, 2.05) is 40.7 Å². The molecule has 0 saturated heterocycles. The van der Waals surface area contributed by atoms with E-state index in [2.05, 4.69) is 13.2 Å². The molecule has 0 unspecified atom stereocenters. The van der Waals surface area contributed by atoms with Crippen LogP contribution in [0, 0.1) is 23.2 Å². The lowest BCUT2D eigenvalue weighted by molar-refractivity contribution is -0.138. The van der Waals surface area contributed by atoms with Gasteiger partial charge in [0.1, 0.15) is 17.6 Å². The number of aliphatic hydroxyl groups is 1. The van der Waals surface area contributed by atoms with E-state index in [0.29, 0.717) is 19.3 Å². The summed E-state index contributed by atoms with van der Waals surface area (Å²) in [6.45, 7) is 21.5. The SMILES string of the molecule is C=C(C)CC[C@H](C[C@@]1(CC=C(C)C)C(=O)C([C@H](CCC)CC(=O)O)=C(O)C2=C1O[C@H](C)[C@@H](C)C2=O)C(=C)C. The molecule has 38 heavy (non-hydrogen) atoms. The molecular weight excluding hydrogens is 480 g/mol. The van der Waals surface area contributed by atoms with Crippen LogP contribution in [0.2, 0.25) is 0 Å². The summed E-state index contributed by atoms with van der Waals surface area (Å²) < 4.78 is 6.39. The third kappa shape index (κ3) is 6.57. The second-order valence-electron chi connectivity index (χ2n) is 11.7. The Morgan fingerprint density at radius 2 is 1.76 bits per heavy atom. The standard InChI is InChI=1S/C32H46O6/c1-10-11-23(16-25(33)34)26-29(36)27-28(35)21(8)22(9)38-31(27)32(30(26)37,15-14-19(4)5)17-24(20(6)7)13-12-18(2)3/h14,21-24,36H,2,6,10-13,15-17H2,1,3-5,7-9H3,(H,33,34)/t21-,22-,23-,24-,32+/m1/s1. The highest BCUT2D eigenvalue weighted by Gasteiger charge is 2.56. The molecule has 0 aromatic heterocycles. The Bertz CT molecular complexity index is 1080. The van der Waals surface area contributed by atoms with Crippen molar-refractivity contribution >= 4 is 17.5 Å². The van der Waals surface area contributed by atoms with Gasteiger partial charge < -0.3 is 14.9 Å². The quantitative estimate of drug-likeness (QED) is 0.242. The number of ether oxygens (including phenoxy) is 1. The van der Waals surface area contributed by atoms with E-state index >= 15 is 0 Å². The van der Waals surface area contributed by atoms with Gasteiger partial charge in [-0.15, -0.1) is 6.58 Å². The summed E-state index contributed by atoms with van der Waals surface area (Å²) in [5, 5.41) is 21.2. The molecule has 0 spiro atoms. The highest BCUT2D eigenvalue weighted by Crippen LogP contribution is 2.54. The number of rotatable bonds is 13. The number of carbonyl (C=O) groups is 3. The van der Waals surface area contributed by atoms with Gasteiger partial charge in [-0.05, 0) is 72.6 Å². The molecule has 2 rings (SSSR count). The van der Waals surface area contributed by atoms with E-state index in [0.717, 1.165) is 29.6 Å². The fourth-order valence-corrected chi connectivity index (χ4v) is 5.56. The number of hydrogen-bond donors (Lipinski definition) is 2. The van der Waals surface area contributed by atoms with Crippen molar-refractivity contribution < 1.29 is 29.3 Å². The van der Waals surface area contributed by atoms with Gasteiger partial charge in [0, 0.05) is 11.5 Å². The highest BCUT2D eigenvalue weighted by atomic mass is 16.5. The smallest absolute Gasteiger partial charge is 0.303 e. The van der Waals surface area contributed by atoms with Gasteiger partial charge in [-0.3, -0.25) is 14.4 Å². The van der Waals surface area contributed by atoms with Gasteiger partial charge in [0.25, 0.3) is 0 Å². The topological polar surface area (TPSA) is 101 Å². The van der Waals surface area contributed by atoms with Crippen molar-refractivity contribution in [3.05, 3.63) is 58.6 Å². The Morgan fingerprint density at radius 1 is 1.13 bits per heavy atom. The average molecular weight is 527 g/mol. The molecule has 5 atom stereocenters. The first kappa shape index (κ1) is 31.3. The molecule has 0 fully saturated rings. The molecule has 0 aromatic rings. The fraction of sp³-hybridized carbons (Fsp3) is 0.594. The third-order valence-electron chi connectivity index (χ3n) is 8.04. The van der Waals surface area contributed by atoms with E-state index in [9.17, 15) is 24.6 Å². The largest absolute Gasteiger partial charge is 0.507 e. The molecule has 2 N–H and O–H groups in total. The van der Waals surface area contributed by atoms with Crippen LogP contribution >= 0.6 is 0 Å². The van der Waals surface area contributed by atoms with Gasteiger partial charge in [0.05, 0.1) is 23.3 Å². The van der Waals surface area contributed by atoms with Crippen LogP contribution in [-0.2, 0) is 19.1 Å². The molecule has 0 aromatic carbocycles.